The van der Waals surface area contributed by atoms with Gasteiger partial charge in [0.1, 0.15) is 0 Å². The fraction of sp³-hybridized carbons (Fsp3) is 0.643. The number of pyridine rings is 2. The van der Waals surface area contributed by atoms with Gasteiger partial charge in [-0.15, -0.1) is 0 Å². The maximum atomic E-state index is 5.96. The van der Waals surface area contributed by atoms with Crippen molar-refractivity contribution in [3.63, 3.8) is 0 Å². The molecular formula is C28H42N4O6. The van der Waals surface area contributed by atoms with Crippen LogP contribution in [0.1, 0.15) is 22.8 Å². The first kappa shape index (κ1) is 29.0. The molecule has 6 bridgehead atoms. The first-order valence-electron chi connectivity index (χ1n) is 13.7. The quantitative estimate of drug-likeness (QED) is 0.471. The van der Waals surface area contributed by atoms with Gasteiger partial charge in [0.25, 0.3) is 0 Å². The molecule has 0 fully saturated rings. The fourth-order valence-corrected chi connectivity index (χ4v) is 4.24. The molecule has 4 heterocycles. The summed E-state index contributed by atoms with van der Waals surface area (Å²) in [5.74, 6) is 0. The first-order valence-corrected chi connectivity index (χ1v) is 13.7. The summed E-state index contributed by atoms with van der Waals surface area (Å²) in [5, 5.41) is 0. The van der Waals surface area contributed by atoms with E-state index in [1.807, 2.05) is 36.4 Å². The molecular weight excluding hydrogens is 488 g/mol. The van der Waals surface area contributed by atoms with Gasteiger partial charge in [-0.2, -0.15) is 0 Å². The molecule has 0 N–H and O–H groups in total. The van der Waals surface area contributed by atoms with E-state index >= 15 is 0 Å². The molecule has 2 aliphatic rings. The third-order valence-corrected chi connectivity index (χ3v) is 6.41. The van der Waals surface area contributed by atoms with E-state index < -0.39 is 0 Å². The van der Waals surface area contributed by atoms with Gasteiger partial charge in [-0.1, -0.05) is 12.1 Å². The zero-order valence-corrected chi connectivity index (χ0v) is 22.4. The standard InChI is InChI=1S/C28H42N4O6/c1-3-25-21-35-15-9-31-7-13-33-19-20-34-14-8-32(10-16-36-22-26(4-1)29-25)12-18-38-24-28-6-2-5-27(30-28)23-37-17-11-31/h1-6H,7-24H2. The van der Waals surface area contributed by atoms with Gasteiger partial charge in [0.15, 0.2) is 0 Å². The smallest absolute Gasteiger partial charge is 0.0888 e. The maximum Gasteiger partial charge on any atom is 0.0888 e. The van der Waals surface area contributed by atoms with Gasteiger partial charge in [0, 0.05) is 39.3 Å². The molecule has 0 saturated carbocycles. The van der Waals surface area contributed by atoms with Crippen molar-refractivity contribution >= 4 is 0 Å². The van der Waals surface area contributed by atoms with Crippen LogP contribution in [0.2, 0.25) is 0 Å². The highest BCUT2D eigenvalue weighted by atomic mass is 16.5. The van der Waals surface area contributed by atoms with Crippen LogP contribution in [0, 0.1) is 0 Å². The third kappa shape index (κ3) is 11.4. The molecule has 0 radical (unpaired) electrons. The van der Waals surface area contributed by atoms with Crippen LogP contribution in [-0.4, -0.2) is 112 Å². The second-order valence-electron chi connectivity index (χ2n) is 9.36. The van der Waals surface area contributed by atoms with Crippen LogP contribution in [0.15, 0.2) is 36.4 Å². The molecule has 10 nitrogen and oxygen atoms in total. The van der Waals surface area contributed by atoms with Crippen LogP contribution in [0.4, 0.5) is 0 Å². The summed E-state index contributed by atoms with van der Waals surface area (Å²) < 4.78 is 35.5. The molecule has 0 spiro atoms. The van der Waals surface area contributed by atoms with E-state index in [0.717, 1.165) is 62.0 Å². The summed E-state index contributed by atoms with van der Waals surface area (Å²) in [6.45, 7) is 11.5. The Morgan fingerprint density at radius 3 is 1.00 bits per heavy atom. The number of rotatable bonds is 0. The van der Waals surface area contributed by atoms with E-state index in [9.17, 15) is 0 Å². The van der Waals surface area contributed by atoms with Crippen molar-refractivity contribution in [1.82, 2.24) is 19.8 Å². The Kier molecular flexibility index (Phi) is 13.4. The van der Waals surface area contributed by atoms with Crippen molar-refractivity contribution < 1.29 is 28.4 Å². The number of hydrogen-bond donors (Lipinski definition) is 0. The van der Waals surface area contributed by atoms with E-state index in [0.29, 0.717) is 79.3 Å². The molecule has 2 aromatic heterocycles. The minimum Gasteiger partial charge on any atom is -0.378 e. The highest BCUT2D eigenvalue weighted by molar-refractivity contribution is 5.10. The maximum absolute atomic E-state index is 5.96. The average molecular weight is 531 g/mol. The molecule has 4 rings (SSSR count). The topological polar surface area (TPSA) is 87.6 Å². The molecule has 0 unspecified atom stereocenters. The van der Waals surface area contributed by atoms with E-state index in [-0.39, 0.29) is 0 Å². The van der Waals surface area contributed by atoms with Gasteiger partial charge >= 0.3 is 0 Å². The first-order chi connectivity index (χ1) is 18.8. The fourth-order valence-electron chi connectivity index (χ4n) is 4.24. The molecule has 2 aromatic rings. The SMILES string of the molecule is c1cc2nc(c1)COCCN1CCOCCOCCN(CCOC2)CCOCc2cccc(n2)COCC1. The Hall–Kier alpha value is -2.02. The summed E-state index contributed by atoms with van der Waals surface area (Å²) in [7, 11) is 0. The van der Waals surface area contributed by atoms with Crippen molar-refractivity contribution in [1.29, 1.82) is 0 Å². The predicted octanol–water partition coefficient (Wildman–Crippen LogP) is 1.91. The molecule has 0 atom stereocenters. The van der Waals surface area contributed by atoms with Gasteiger partial charge in [-0.05, 0) is 24.3 Å². The summed E-state index contributed by atoms with van der Waals surface area (Å²) in [5.41, 5.74) is 3.65. The molecule has 10 heteroatoms. The Morgan fingerprint density at radius 1 is 0.395 bits per heavy atom. The molecule has 38 heavy (non-hydrogen) atoms. The molecule has 0 amide bonds. The van der Waals surface area contributed by atoms with Crippen molar-refractivity contribution in [2.24, 2.45) is 0 Å². The van der Waals surface area contributed by atoms with Crippen LogP contribution in [0.3, 0.4) is 0 Å². The third-order valence-electron chi connectivity index (χ3n) is 6.41. The van der Waals surface area contributed by atoms with Crippen LogP contribution < -0.4 is 0 Å². The lowest BCUT2D eigenvalue weighted by Gasteiger charge is -2.22. The average Bonchev–Trinajstić information content (AvgIpc) is 2.93. The summed E-state index contributed by atoms with van der Waals surface area (Å²) in [6.07, 6.45) is 0. The van der Waals surface area contributed by atoms with Crippen LogP contribution in [0.5, 0.6) is 0 Å². The Labute approximate surface area is 226 Å². The predicted molar refractivity (Wildman–Crippen MR) is 142 cm³/mol. The normalized spacial score (nSPS) is 24.4. The van der Waals surface area contributed by atoms with Crippen molar-refractivity contribution in [2.75, 3.05) is 92.1 Å². The molecule has 2 aliphatic heterocycles. The van der Waals surface area contributed by atoms with Crippen LogP contribution >= 0.6 is 0 Å². The van der Waals surface area contributed by atoms with Crippen molar-refractivity contribution in [3.8, 4) is 0 Å². The molecule has 0 saturated heterocycles. The Morgan fingerprint density at radius 2 is 0.684 bits per heavy atom. The second kappa shape index (κ2) is 17.5. The lowest BCUT2D eigenvalue weighted by molar-refractivity contribution is 0.0143. The van der Waals surface area contributed by atoms with Gasteiger partial charge in [0.2, 0.25) is 0 Å². The van der Waals surface area contributed by atoms with Crippen molar-refractivity contribution in [2.45, 2.75) is 26.4 Å². The van der Waals surface area contributed by atoms with E-state index in [2.05, 4.69) is 9.80 Å². The molecule has 0 aromatic carbocycles. The van der Waals surface area contributed by atoms with E-state index in [1.54, 1.807) is 0 Å². The monoisotopic (exact) mass is 530 g/mol. The van der Waals surface area contributed by atoms with Gasteiger partial charge < -0.3 is 28.4 Å². The van der Waals surface area contributed by atoms with Crippen LogP contribution in [-0.2, 0) is 54.8 Å². The van der Waals surface area contributed by atoms with Crippen molar-refractivity contribution in [3.05, 3.63) is 59.2 Å². The van der Waals surface area contributed by atoms with Crippen LogP contribution in [0.25, 0.3) is 0 Å². The van der Waals surface area contributed by atoms with Gasteiger partial charge in [-0.3, -0.25) is 19.8 Å². The van der Waals surface area contributed by atoms with Gasteiger partial charge in [0.05, 0.1) is 102 Å². The zero-order valence-electron chi connectivity index (χ0n) is 22.4. The lowest BCUT2D eigenvalue weighted by atomic mass is 10.3. The highest BCUT2D eigenvalue weighted by Gasteiger charge is 2.10. The number of fused-ring (bicyclic) bond motifs is 13. The summed E-state index contributed by atoms with van der Waals surface area (Å²) >= 11 is 0. The number of nitrogens with zero attached hydrogens (tertiary/aromatic N) is 4. The summed E-state index contributed by atoms with van der Waals surface area (Å²) in [4.78, 5) is 14.0. The van der Waals surface area contributed by atoms with E-state index in [4.69, 9.17) is 38.4 Å². The minimum absolute atomic E-state index is 0.474. The minimum atomic E-state index is 0.474. The Bertz CT molecular complexity index is 792. The highest BCUT2D eigenvalue weighted by Crippen LogP contribution is 2.06. The Balaban J connectivity index is 1.43. The van der Waals surface area contributed by atoms with Gasteiger partial charge in [-0.25, -0.2) is 0 Å². The summed E-state index contributed by atoms with van der Waals surface area (Å²) in [6, 6.07) is 12.0. The largest absolute Gasteiger partial charge is 0.378 e. The molecule has 210 valence electrons. The van der Waals surface area contributed by atoms with E-state index in [1.165, 1.54) is 0 Å². The number of hydrogen-bond acceptors (Lipinski definition) is 10. The zero-order chi connectivity index (χ0) is 26.1. The second-order valence-corrected chi connectivity index (χ2v) is 9.36. The number of ether oxygens (including phenoxy) is 6. The number of aromatic nitrogens is 2. The lowest BCUT2D eigenvalue weighted by Crippen LogP contribution is -2.34. The molecule has 0 aliphatic carbocycles.